The van der Waals surface area contributed by atoms with Crippen molar-refractivity contribution in [2.75, 3.05) is 20.7 Å². The van der Waals surface area contributed by atoms with Crippen LogP contribution >= 0.6 is 0 Å². The summed E-state index contributed by atoms with van der Waals surface area (Å²) in [5, 5.41) is 4.04. The maximum Gasteiger partial charge on any atom is 0.337 e. The second kappa shape index (κ2) is 7.82. The molecule has 2 aromatic carbocycles. The van der Waals surface area contributed by atoms with Gasteiger partial charge in [0, 0.05) is 18.5 Å². The van der Waals surface area contributed by atoms with Crippen molar-refractivity contribution in [1.82, 2.24) is 15.0 Å². The SMILES string of the molecule is COC(=O)c1ccc(-c2noc(CN(C)C[C@@H]3Cc4ccccc4O3)n2)cc1. The molecule has 1 atom stereocenters. The summed E-state index contributed by atoms with van der Waals surface area (Å²) in [6, 6.07) is 15.0. The Morgan fingerprint density at radius 2 is 2.00 bits per heavy atom. The Balaban J connectivity index is 1.35. The number of hydrogen-bond acceptors (Lipinski definition) is 7. The van der Waals surface area contributed by atoms with Crippen LogP contribution in [-0.2, 0) is 17.7 Å². The summed E-state index contributed by atoms with van der Waals surface area (Å²) in [6.45, 7) is 1.30. The zero-order valence-corrected chi connectivity index (χ0v) is 15.8. The van der Waals surface area contributed by atoms with Crippen molar-refractivity contribution in [1.29, 1.82) is 0 Å². The topological polar surface area (TPSA) is 77.7 Å². The number of likely N-dealkylation sites (N-methyl/N-ethyl adjacent to an activating group) is 1. The van der Waals surface area contributed by atoms with Crippen LogP contribution in [0.15, 0.2) is 53.1 Å². The zero-order chi connectivity index (χ0) is 19.5. The molecular formula is C21H21N3O4. The molecule has 0 amide bonds. The van der Waals surface area contributed by atoms with Crippen molar-refractivity contribution in [3.8, 4) is 17.1 Å². The molecule has 144 valence electrons. The fourth-order valence-corrected chi connectivity index (χ4v) is 3.31. The van der Waals surface area contributed by atoms with Gasteiger partial charge in [-0.05, 0) is 30.8 Å². The molecule has 0 aliphatic carbocycles. The van der Waals surface area contributed by atoms with Crippen LogP contribution in [0, 0.1) is 0 Å². The van der Waals surface area contributed by atoms with Gasteiger partial charge in [-0.25, -0.2) is 4.79 Å². The molecule has 4 rings (SSSR count). The molecule has 1 aliphatic rings. The van der Waals surface area contributed by atoms with Gasteiger partial charge in [0.1, 0.15) is 11.9 Å². The van der Waals surface area contributed by atoms with E-state index in [0.29, 0.717) is 23.8 Å². The molecule has 0 N–H and O–H groups in total. The first-order valence-electron chi connectivity index (χ1n) is 9.07. The number of hydrogen-bond donors (Lipinski definition) is 0. The second-order valence-corrected chi connectivity index (χ2v) is 6.83. The largest absolute Gasteiger partial charge is 0.488 e. The van der Waals surface area contributed by atoms with E-state index in [0.717, 1.165) is 24.3 Å². The van der Waals surface area contributed by atoms with E-state index in [4.69, 9.17) is 14.0 Å². The third-order valence-electron chi connectivity index (χ3n) is 4.67. The fourth-order valence-electron chi connectivity index (χ4n) is 3.31. The van der Waals surface area contributed by atoms with Gasteiger partial charge in [0.05, 0.1) is 19.2 Å². The number of fused-ring (bicyclic) bond motifs is 1. The van der Waals surface area contributed by atoms with E-state index in [1.54, 1.807) is 24.3 Å². The lowest BCUT2D eigenvalue weighted by Crippen LogP contribution is -2.31. The van der Waals surface area contributed by atoms with Gasteiger partial charge in [-0.2, -0.15) is 4.98 Å². The fraction of sp³-hybridized carbons (Fsp3) is 0.286. The molecule has 0 fully saturated rings. The number of rotatable bonds is 6. The predicted molar refractivity (Wildman–Crippen MR) is 102 cm³/mol. The van der Waals surface area contributed by atoms with Crippen LogP contribution in [-0.4, -0.2) is 47.8 Å². The normalized spacial score (nSPS) is 15.3. The summed E-state index contributed by atoms with van der Waals surface area (Å²) in [4.78, 5) is 18.1. The highest BCUT2D eigenvalue weighted by Crippen LogP contribution is 2.28. The molecule has 1 aliphatic heterocycles. The molecule has 7 heteroatoms. The van der Waals surface area contributed by atoms with Crippen LogP contribution in [0.25, 0.3) is 11.4 Å². The molecule has 0 saturated carbocycles. The second-order valence-electron chi connectivity index (χ2n) is 6.83. The van der Waals surface area contributed by atoms with Crippen molar-refractivity contribution in [2.24, 2.45) is 0 Å². The maximum absolute atomic E-state index is 11.5. The average molecular weight is 379 g/mol. The van der Waals surface area contributed by atoms with Gasteiger partial charge in [-0.1, -0.05) is 35.5 Å². The Hall–Kier alpha value is -3.19. The summed E-state index contributed by atoms with van der Waals surface area (Å²) < 4.78 is 16.1. The third kappa shape index (κ3) is 3.89. The Labute approximate surface area is 162 Å². The zero-order valence-electron chi connectivity index (χ0n) is 15.8. The molecule has 0 bridgehead atoms. The van der Waals surface area contributed by atoms with Crippen LogP contribution < -0.4 is 4.74 Å². The van der Waals surface area contributed by atoms with Crippen molar-refractivity contribution in [3.63, 3.8) is 0 Å². The molecule has 28 heavy (non-hydrogen) atoms. The number of esters is 1. The van der Waals surface area contributed by atoms with Crippen LogP contribution in [0.3, 0.4) is 0 Å². The molecule has 0 unspecified atom stereocenters. The summed E-state index contributed by atoms with van der Waals surface area (Å²) >= 11 is 0. The monoisotopic (exact) mass is 379 g/mol. The minimum absolute atomic E-state index is 0.121. The molecule has 0 spiro atoms. The van der Waals surface area contributed by atoms with E-state index < -0.39 is 0 Å². The van der Waals surface area contributed by atoms with E-state index in [1.165, 1.54) is 12.7 Å². The minimum Gasteiger partial charge on any atom is -0.488 e. The number of benzene rings is 2. The standard InChI is InChI=1S/C21H21N3O4/c1-24(12-17-11-16-5-3-4-6-18(16)27-17)13-19-22-20(23-28-19)14-7-9-15(10-8-14)21(25)26-2/h3-10,17H,11-13H2,1-2H3/t17-/m0/s1. The van der Waals surface area contributed by atoms with Crippen LogP contribution in [0.1, 0.15) is 21.8 Å². The molecule has 7 nitrogen and oxygen atoms in total. The van der Waals surface area contributed by atoms with Crippen molar-refractivity contribution in [3.05, 3.63) is 65.5 Å². The Bertz CT molecular complexity index is 943. The number of methoxy groups -OCH3 is 1. The summed E-state index contributed by atoms with van der Waals surface area (Å²) in [7, 11) is 3.36. The van der Waals surface area contributed by atoms with Gasteiger partial charge in [-0.15, -0.1) is 0 Å². The Kier molecular flexibility index (Phi) is 5.08. The quantitative estimate of drug-likeness (QED) is 0.609. The molecule has 0 saturated heterocycles. The van der Waals surface area contributed by atoms with E-state index in [-0.39, 0.29) is 12.1 Å². The number of aromatic nitrogens is 2. The van der Waals surface area contributed by atoms with Gasteiger partial charge in [0.15, 0.2) is 0 Å². The van der Waals surface area contributed by atoms with E-state index >= 15 is 0 Å². The lowest BCUT2D eigenvalue weighted by molar-refractivity contribution is 0.0600. The number of para-hydroxylation sites is 1. The first-order chi connectivity index (χ1) is 13.6. The lowest BCUT2D eigenvalue weighted by atomic mass is 10.1. The van der Waals surface area contributed by atoms with Crippen molar-refractivity contribution < 1.29 is 18.8 Å². The van der Waals surface area contributed by atoms with E-state index in [1.807, 2.05) is 25.2 Å². The highest BCUT2D eigenvalue weighted by Gasteiger charge is 2.24. The van der Waals surface area contributed by atoms with Gasteiger partial charge < -0.3 is 14.0 Å². The minimum atomic E-state index is -0.377. The molecule has 2 heterocycles. The van der Waals surface area contributed by atoms with Crippen LogP contribution in [0.5, 0.6) is 5.75 Å². The smallest absolute Gasteiger partial charge is 0.337 e. The molecular weight excluding hydrogens is 358 g/mol. The van der Waals surface area contributed by atoms with E-state index in [2.05, 4.69) is 21.1 Å². The van der Waals surface area contributed by atoms with Crippen molar-refractivity contribution >= 4 is 5.97 Å². The number of nitrogens with zero attached hydrogens (tertiary/aromatic N) is 3. The highest BCUT2D eigenvalue weighted by molar-refractivity contribution is 5.89. The summed E-state index contributed by atoms with van der Waals surface area (Å²) in [6.07, 6.45) is 1.03. The van der Waals surface area contributed by atoms with Gasteiger partial charge in [0.2, 0.25) is 11.7 Å². The van der Waals surface area contributed by atoms with Gasteiger partial charge in [0.25, 0.3) is 0 Å². The van der Waals surface area contributed by atoms with Crippen molar-refractivity contribution in [2.45, 2.75) is 19.1 Å². The maximum atomic E-state index is 11.5. The predicted octanol–water partition coefficient (Wildman–Crippen LogP) is 2.96. The van der Waals surface area contributed by atoms with Crippen LogP contribution in [0.4, 0.5) is 0 Å². The highest BCUT2D eigenvalue weighted by atomic mass is 16.5. The molecule has 0 radical (unpaired) electrons. The number of carbonyl (C=O) groups is 1. The van der Waals surface area contributed by atoms with Gasteiger partial charge >= 0.3 is 5.97 Å². The average Bonchev–Trinajstić information content (AvgIpc) is 3.33. The molecule has 3 aromatic rings. The lowest BCUT2D eigenvalue weighted by Gasteiger charge is -2.18. The third-order valence-corrected chi connectivity index (χ3v) is 4.67. The van der Waals surface area contributed by atoms with Gasteiger partial charge in [-0.3, -0.25) is 4.90 Å². The summed E-state index contributed by atoms with van der Waals surface area (Å²) in [5.41, 5.74) is 2.50. The Morgan fingerprint density at radius 1 is 1.21 bits per heavy atom. The van der Waals surface area contributed by atoms with E-state index in [9.17, 15) is 4.79 Å². The molecule has 1 aromatic heterocycles. The van der Waals surface area contributed by atoms with Crippen LogP contribution in [0.2, 0.25) is 0 Å². The Morgan fingerprint density at radius 3 is 2.75 bits per heavy atom. The summed E-state index contributed by atoms with van der Waals surface area (Å²) in [5.74, 6) is 1.61. The number of carbonyl (C=O) groups excluding carboxylic acids is 1. The first-order valence-corrected chi connectivity index (χ1v) is 9.07. The number of ether oxygens (including phenoxy) is 2. The first kappa shape index (κ1) is 18.2.